The molecule has 0 bridgehead atoms. The Bertz CT molecular complexity index is 638. The fourth-order valence-electron chi connectivity index (χ4n) is 2.20. The van der Waals surface area contributed by atoms with E-state index in [0.717, 1.165) is 6.54 Å². The van der Waals surface area contributed by atoms with Gasteiger partial charge in [0.05, 0.1) is 0 Å². The van der Waals surface area contributed by atoms with Gasteiger partial charge in [0.15, 0.2) is 0 Å². The molecular formula is C17H19FN2S. The molecule has 4 heteroatoms. The van der Waals surface area contributed by atoms with Crippen molar-refractivity contribution in [3.05, 3.63) is 70.5 Å². The van der Waals surface area contributed by atoms with Crippen LogP contribution < -0.4 is 5.73 Å². The summed E-state index contributed by atoms with van der Waals surface area (Å²) in [7, 11) is 1.97. The molecule has 0 aliphatic carbocycles. The van der Waals surface area contributed by atoms with Crippen molar-refractivity contribution in [2.45, 2.75) is 20.0 Å². The zero-order valence-electron chi connectivity index (χ0n) is 12.3. The molecule has 2 nitrogen and oxygen atoms in total. The zero-order chi connectivity index (χ0) is 15.4. The van der Waals surface area contributed by atoms with E-state index in [2.05, 4.69) is 36.1 Å². The Morgan fingerprint density at radius 1 is 1.14 bits per heavy atom. The number of nitrogens with two attached hydrogens (primary N) is 1. The van der Waals surface area contributed by atoms with Gasteiger partial charge in [-0.2, -0.15) is 0 Å². The van der Waals surface area contributed by atoms with Crippen LogP contribution in [-0.2, 0) is 13.1 Å². The van der Waals surface area contributed by atoms with Crippen LogP contribution in [0.1, 0.15) is 22.3 Å². The average Bonchev–Trinajstić information content (AvgIpc) is 2.43. The van der Waals surface area contributed by atoms with E-state index in [1.165, 1.54) is 17.2 Å². The Kier molecular flexibility index (Phi) is 5.04. The number of nitrogens with zero attached hydrogens (tertiary/aromatic N) is 1. The summed E-state index contributed by atoms with van der Waals surface area (Å²) >= 11 is 4.94. The van der Waals surface area contributed by atoms with Gasteiger partial charge in [-0.3, -0.25) is 4.90 Å². The van der Waals surface area contributed by atoms with Gasteiger partial charge in [0.25, 0.3) is 0 Å². The van der Waals surface area contributed by atoms with Crippen molar-refractivity contribution in [2.24, 2.45) is 5.73 Å². The summed E-state index contributed by atoms with van der Waals surface area (Å²) in [5.74, 6) is -0.231. The summed E-state index contributed by atoms with van der Waals surface area (Å²) < 4.78 is 13.9. The summed E-state index contributed by atoms with van der Waals surface area (Å²) in [5, 5.41) is 0. The maximum absolute atomic E-state index is 13.9. The molecule has 0 radical (unpaired) electrons. The SMILES string of the molecule is Cc1ccc(CN(C)Cc2cc(C(N)=S)ccc2F)cc1. The van der Waals surface area contributed by atoms with Gasteiger partial charge in [0, 0.05) is 24.2 Å². The maximum Gasteiger partial charge on any atom is 0.127 e. The van der Waals surface area contributed by atoms with Crippen LogP contribution in [0.3, 0.4) is 0 Å². The molecule has 0 saturated heterocycles. The first-order chi connectivity index (χ1) is 9.95. The molecule has 2 N–H and O–H groups in total. The summed E-state index contributed by atoms with van der Waals surface area (Å²) in [6, 6.07) is 13.1. The second kappa shape index (κ2) is 6.78. The zero-order valence-corrected chi connectivity index (χ0v) is 13.1. The third kappa shape index (κ3) is 4.34. The van der Waals surface area contributed by atoms with Crippen LogP contribution in [0.4, 0.5) is 4.39 Å². The first-order valence-corrected chi connectivity index (χ1v) is 7.19. The van der Waals surface area contributed by atoms with Gasteiger partial charge in [-0.1, -0.05) is 42.0 Å². The lowest BCUT2D eigenvalue weighted by Gasteiger charge is -2.18. The third-order valence-corrected chi connectivity index (χ3v) is 3.58. The highest BCUT2D eigenvalue weighted by Crippen LogP contribution is 2.14. The smallest absolute Gasteiger partial charge is 0.127 e. The standard InChI is InChI=1S/C17H19FN2S/c1-12-3-5-13(6-4-12)10-20(2)11-15-9-14(17(19)21)7-8-16(15)18/h3-9H,10-11H2,1-2H3,(H2,19,21). The molecule has 0 fully saturated rings. The van der Waals surface area contributed by atoms with Crippen LogP contribution in [0.5, 0.6) is 0 Å². The molecule has 0 aromatic heterocycles. The van der Waals surface area contributed by atoms with Gasteiger partial charge < -0.3 is 5.73 Å². The van der Waals surface area contributed by atoms with E-state index in [9.17, 15) is 4.39 Å². The number of aryl methyl sites for hydroxylation is 1. The molecule has 110 valence electrons. The molecule has 0 amide bonds. The van der Waals surface area contributed by atoms with Crippen molar-refractivity contribution in [3.63, 3.8) is 0 Å². The van der Waals surface area contributed by atoms with E-state index >= 15 is 0 Å². The van der Waals surface area contributed by atoms with E-state index in [4.69, 9.17) is 18.0 Å². The van der Waals surface area contributed by atoms with Crippen LogP contribution in [0.2, 0.25) is 0 Å². The van der Waals surface area contributed by atoms with E-state index < -0.39 is 0 Å². The van der Waals surface area contributed by atoms with Crippen molar-refractivity contribution in [2.75, 3.05) is 7.05 Å². The lowest BCUT2D eigenvalue weighted by molar-refractivity contribution is 0.313. The van der Waals surface area contributed by atoms with Crippen LogP contribution in [0.25, 0.3) is 0 Å². The first-order valence-electron chi connectivity index (χ1n) is 6.78. The van der Waals surface area contributed by atoms with Gasteiger partial charge >= 0.3 is 0 Å². The van der Waals surface area contributed by atoms with Crippen molar-refractivity contribution in [1.29, 1.82) is 0 Å². The molecule has 2 aromatic rings. The number of thiocarbonyl (C=S) groups is 1. The van der Waals surface area contributed by atoms with E-state index in [1.54, 1.807) is 12.1 Å². The van der Waals surface area contributed by atoms with Crippen molar-refractivity contribution in [1.82, 2.24) is 4.90 Å². The van der Waals surface area contributed by atoms with E-state index in [-0.39, 0.29) is 10.8 Å². The number of benzene rings is 2. The molecule has 0 aliphatic rings. The number of hydrogen-bond donors (Lipinski definition) is 1. The minimum absolute atomic E-state index is 0.231. The Morgan fingerprint density at radius 3 is 2.43 bits per heavy atom. The van der Waals surface area contributed by atoms with E-state index in [0.29, 0.717) is 17.7 Å². The quantitative estimate of drug-likeness (QED) is 0.858. The average molecular weight is 302 g/mol. The molecule has 21 heavy (non-hydrogen) atoms. The second-order valence-corrected chi connectivity index (χ2v) is 5.77. The summed E-state index contributed by atoms with van der Waals surface area (Å²) in [6.45, 7) is 3.33. The maximum atomic E-state index is 13.9. The van der Waals surface area contributed by atoms with Gasteiger partial charge in [-0.15, -0.1) is 0 Å². The molecule has 0 aliphatic heterocycles. The highest BCUT2D eigenvalue weighted by molar-refractivity contribution is 7.80. The van der Waals surface area contributed by atoms with Crippen LogP contribution in [0.15, 0.2) is 42.5 Å². The molecule has 0 saturated carbocycles. The molecule has 0 unspecified atom stereocenters. The highest BCUT2D eigenvalue weighted by Gasteiger charge is 2.08. The van der Waals surface area contributed by atoms with Gasteiger partial charge in [0.1, 0.15) is 10.8 Å². The molecule has 0 heterocycles. The monoisotopic (exact) mass is 302 g/mol. The van der Waals surface area contributed by atoms with Crippen molar-refractivity contribution < 1.29 is 4.39 Å². The molecule has 0 spiro atoms. The van der Waals surface area contributed by atoms with Crippen molar-refractivity contribution in [3.8, 4) is 0 Å². The van der Waals surface area contributed by atoms with Crippen LogP contribution in [-0.4, -0.2) is 16.9 Å². The number of halogens is 1. The normalized spacial score (nSPS) is 10.9. The Morgan fingerprint density at radius 2 is 1.81 bits per heavy atom. The van der Waals surface area contributed by atoms with E-state index in [1.807, 2.05) is 7.05 Å². The second-order valence-electron chi connectivity index (χ2n) is 5.33. The largest absolute Gasteiger partial charge is 0.389 e. The van der Waals surface area contributed by atoms with Gasteiger partial charge in [-0.05, 0) is 37.7 Å². The molecule has 2 rings (SSSR count). The predicted octanol–water partition coefficient (Wildman–Crippen LogP) is 3.40. The molecule has 2 aromatic carbocycles. The minimum Gasteiger partial charge on any atom is -0.389 e. The highest BCUT2D eigenvalue weighted by atomic mass is 32.1. The summed E-state index contributed by atoms with van der Waals surface area (Å²) in [4.78, 5) is 2.35. The summed E-state index contributed by atoms with van der Waals surface area (Å²) in [6.07, 6.45) is 0. The molecular weight excluding hydrogens is 283 g/mol. The number of rotatable bonds is 5. The Balaban J connectivity index is 2.08. The summed E-state index contributed by atoms with van der Waals surface area (Å²) in [5.41, 5.74) is 9.34. The first kappa shape index (κ1) is 15.6. The lowest BCUT2D eigenvalue weighted by atomic mass is 10.1. The van der Waals surface area contributed by atoms with Crippen LogP contribution in [0, 0.1) is 12.7 Å². The molecule has 0 atom stereocenters. The fourth-order valence-corrected chi connectivity index (χ4v) is 2.33. The predicted molar refractivity (Wildman–Crippen MR) is 88.6 cm³/mol. The van der Waals surface area contributed by atoms with Crippen LogP contribution >= 0.6 is 12.2 Å². The number of hydrogen-bond acceptors (Lipinski definition) is 2. The third-order valence-electron chi connectivity index (χ3n) is 3.34. The topological polar surface area (TPSA) is 29.3 Å². The van der Waals surface area contributed by atoms with Crippen molar-refractivity contribution >= 4 is 17.2 Å². The minimum atomic E-state index is -0.231. The Labute approximate surface area is 130 Å². The van der Waals surface area contributed by atoms with Gasteiger partial charge in [-0.25, -0.2) is 4.39 Å². The Hall–Kier alpha value is -1.78. The fraction of sp³-hybridized carbons (Fsp3) is 0.235. The lowest BCUT2D eigenvalue weighted by Crippen LogP contribution is -2.19. The van der Waals surface area contributed by atoms with Gasteiger partial charge in [0.2, 0.25) is 0 Å².